The van der Waals surface area contributed by atoms with Gasteiger partial charge in [-0.1, -0.05) is 75.4 Å². The predicted octanol–water partition coefficient (Wildman–Crippen LogP) is 5.22. The average Bonchev–Trinajstić information content (AvgIpc) is 3.09. The molecule has 1 fully saturated rings. The van der Waals surface area contributed by atoms with E-state index in [4.69, 9.17) is 0 Å². The van der Waals surface area contributed by atoms with E-state index in [0.29, 0.717) is 11.1 Å². The van der Waals surface area contributed by atoms with Crippen molar-refractivity contribution >= 4 is 5.78 Å². The zero-order valence-electron chi connectivity index (χ0n) is 13.5. The summed E-state index contributed by atoms with van der Waals surface area (Å²) in [5.41, 5.74) is 1.96. The molecular formula is C20H20F2O. The molecule has 3 rings (SSSR count). The van der Waals surface area contributed by atoms with Crippen molar-refractivity contribution < 1.29 is 13.6 Å². The lowest BCUT2D eigenvalue weighted by molar-refractivity contribution is 0.0742. The maximum absolute atomic E-state index is 14.2. The summed E-state index contributed by atoms with van der Waals surface area (Å²) in [6, 6.07) is 15.6. The van der Waals surface area contributed by atoms with Crippen LogP contribution in [0.15, 0.2) is 54.6 Å². The van der Waals surface area contributed by atoms with Crippen molar-refractivity contribution in [3.05, 3.63) is 71.3 Å². The standard InChI is InChI=1S/C20H20F2O/c1-19(2,3)15-11-9-13(10-12-15)16-17(20(16,21)22)18(23)14-7-5-4-6-8-14/h4-12,16-17H,1-3H3/t16-,17-/m0/s1. The van der Waals surface area contributed by atoms with Gasteiger partial charge in [-0.25, -0.2) is 8.78 Å². The molecule has 120 valence electrons. The number of halogens is 2. The van der Waals surface area contributed by atoms with Crippen LogP contribution in [-0.2, 0) is 5.41 Å². The number of hydrogen-bond donors (Lipinski definition) is 0. The molecule has 2 atom stereocenters. The number of Topliss-reactive ketones (excluding diaryl/α,β-unsaturated/α-hetero) is 1. The Balaban J connectivity index is 1.85. The van der Waals surface area contributed by atoms with E-state index in [1.54, 1.807) is 42.5 Å². The molecule has 0 spiro atoms. The molecule has 0 saturated heterocycles. The highest BCUT2D eigenvalue weighted by Crippen LogP contribution is 2.62. The Labute approximate surface area is 135 Å². The summed E-state index contributed by atoms with van der Waals surface area (Å²) < 4.78 is 28.4. The van der Waals surface area contributed by atoms with Gasteiger partial charge in [-0.05, 0) is 16.5 Å². The molecule has 0 N–H and O–H groups in total. The minimum atomic E-state index is -2.96. The van der Waals surface area contributed by atoms with Crippen molar-refractivity contribution in [3.8, 4) is 0 Å². The molecule has 1 saturated carbocycles. The number of benzene rings is 2. The second kappa shape index (κ2) is 5.26. The van der Waals surface area contributed by atoms with Crippen molar-refractivity contribution in [1.29, 1.82) is 0 Å². The number of carbonyl (C=O) groups excluding carboxylic acids is 1. The molecule has 0 heterocycles. The van der Waals surface area contributed by atoms with E-state index in [9.17, 15) is 13.6 Å². The molecule has 0 unspecified atom stereocenters. The Hall–Kier alpha value is -2.03. The third-order valence-corrected chi connectivity index (χ3v) is 4.53. The van der Waals surface area contributed by atoms with Gasteiger partial charge < -0.3 is 0 Å². The lowest BCUT2D eigenvalue weighted by Gasteiger charge is -2.19. The Morgan fingerprint density at radius 2 is 1.52 bits per heavy atom. The van der Waals surface area contributed by atoms with Gasteiger partial charge in [0.1, 0.15) is 0 Å². The summed E-state index contributed by atoms with van der Waals surface area (Å²) in [5, 5.41) is 0. The van der Waals surface area contributed by atoms with Crippen molar-refractivity contribution in [2.24, 2.45) is 5.92 Å². The number of alkyl halides is 2. The van der Waals surface area contributed by atoms with E-state index in [1.807, 2.05) is 12.1 Å². The first kappa shape index (κ1) is 15.9. The van der Waals surface area contributed by atoms with E-state index in [1.165, 1.54) is 0 Å². The summed E-state index contributed by atoms with van der Waals surface area (Å²) in [6.07, 6.45) is 0. The highest BCUT2D eigenvalue weighted by atomic mass is 19.3. The van der Waals surface area contributed by atoms with Crippen LogP contribution in [0.5, 0.6) is 0 Å². The molecule has 1 aliphatic carbocycles. The number of hydrogen-bond acceptors (Lipinski definition) is 1. The van der Waals surface area contributed by atoms with Crippen LogP contribution in [-0.4, -0.2) is 11.7 Å². The van der Waals surface area contributed by atoms with Crippen molar-refractivity contribution in [2.45, 2.75) is 38.0 Å². The van der Waals surface area contributed by atoms with Crippen LogP contribution in [0, 0.1) is 5.92 Å². The fourth-order valence-corrected chi connectivity index (χ4v) is 3.04. The highest BCUT2D eigenvalue weighted by Gasteiger charge is 2.71. The topological polar surface area (TPSA) is 17.1 Å². The Morgan fingerprint density at radius 3 is 2.04 bits per heavy atom. The molecule has 0 aliphatic heterocycles. The summed E-state index contributed by atoms with van der Waals surface area (Å²) in [7, 11) is 0. The fourth-order valence-electron chi connectivity index (χ4n) is 3.04. The van der Waals surface area contributed by atoms with Gasteiger partial charge in [0, 0.05) is 5.56 Å². The molecule has 3 heteroatoms. The number of ketones is 1. The van der Waals surface area contributed by atoms with Crippen LogP contribution in [0.3, 0.4) is 0 Å². The quantitative estimate of drug-likeness (QED) is 0.710. The van der Waals surface area contributed by atoms with Crippen LogP contribution in [0.1, 0.15) is 48.2 Å². The molecule has 0 radical (unpaired) electrons. The van der Waals surface area contributed by atoms with Crippen molar-refractivity contribution in [1.82, 2.24) is 0 Å². The average molecular weight is 314 g/mol. The van der Waals surface area contributed by atoms with E-state index < -0.39 is 23.5 Å². The first-order chi connectivity index (χ1) is 10.7. The Kier molecular flexibility index (Phi) is 3.62. The van der Waals surface area contributed by atoms with Crippen molar-refractivity contribution in [3.63, 3.8) is 0 Å². The van der Waals surface area contributed by atoms with Crippen LogP contribution in [0.25, 0.3) is 0 Å². The summed E-state index contributed by atoms with van der Waals surface area (Å²) in [4.78, 5) is 12.4. The second-order valence-electron chi connectivity index (χ2n) is 7.23. The monoisotopic (exact) mass is 314 g/mol. The van der Waals surface area contributed by atoms with Crippen LogP contribution in [0.4, 0.5) is 8.78 Å². The molecule has 2 aromatic rings. The molecule has 0 bridgehead atoms. The minimum Gasteiger partial charge on any atom is -0.294 e. The number of carbonyl (C=O) groups is 1. The van der Waals surface area contributed by atoms with Gasteiger partial charge in [0.25, 0.3) is 5.92 Å². The molecule has 2 aromatic carbocycles. The van der Waals surface area contributed by atoms with E-state index >= 15 is 0 Å². The molecule has 0 aromatic heterocycles. The van der Waals surface area contributed by atoms with Gasteiger partial charge in [-0.2, -0.15) is 0 Å². The zero-order valence-corrected chi connectivity index (χ0v) is 13.5. The van der Waals surface area contributed by atoms with Gasteiger partial charge in [0.05, 0.1) is 11.8 Å². The fraction of sp³-hybridized carbons (Fsp3) is 0.350. The predicted molar refractivity (Wildman–Crippen MR) is 87.1 cm³/mol. The Bertz CT molecular complexity index is 712. The van der Waals surface area contributed by atoms with Gasteiger partial charge in [0.15, 0.2) is 5.78 Å². The molecule has 0 amide bonds. The first-order valence-corrected chi connectivity index (χ1v) is 7.80. The first-order valence-electron chi connectivity index (χ1n) is 7.80. The molecule has 1 nitrogen and oxygen atoms in total. The third-order valence-electron chi connectivity index (χ3n) is 4.53. The third kappa shape index (κ3) is 2.80. The minimum absolute atomic E-state index is 0.0240. The summed E-state index contributed by atoms with van der Waals surface area (Å²) >= 11 is 0. The molecule has 1 aliphatic rings. The summed E-state index contributed by atoms with van der Waals surface area (Å²) in [5.74, 6) is -5.69. The maximum atomic E-state index is 14.2. The van der Waals surface area contributed by atoms with Crippen LogP contribution >= 0.6 is 0 Å². The molecular weight excluding hydrogens is 294 g/mol. The lowest BCUT2D eigenvalue weighted by atomic mass is 9.86. The van der Waals surface area contributed by atoms with E-state index in [-0.39, 0.29) is 5.41 Å². The number of rotatable bonds is 3. The second-order valence-corrected chi connectivity index (χ2v) is 7.23. The van der Waals surface area contributed by atoms with Gasteiger partial charge in [-0.15, -0.1) is 0 Å². The summed E-state index contributed by atoms with van der Waals surface area (Å²) in [6.45, 7) is 6.24. The van der Waals surface area contributed by atoms with Crippen LogP contribution < -0.4 is 0 Å². The molecule has 23 heavy (non-hydrogen) atoms. The SMILES string of the molecule is CC(C)(C)c1ccc([C@H]2[C@@H](C(=O)c3ccccc3)C2(F)F)cc1. The maximum Gasteiger partial charge on any atom is 0.266 e. The smallest absolute Gasteiger partial charge is 0.266 e. The van der Waals surface area contributed by atoms with E-state index in [2.05, 4.69) is 20.8 Å². The van der Waals surface area contributed by atoms with Gasteiger partial charge in [-0.3, -0.25) is 4.79 Å². The lowest BCUT2D eigenvalue weighted by Crippen LogP contribution is -2.10. The normalized spacial score (nSPS) is 22.7. The van der Waals surface area contributed by atoms with Gasteiger partial charge in [0.2, 0.25) is 0 Å². The highest BCUT2D eigenvalue weighted by molar-refractivity contribution is 6.01. The van der Waals surface area contributed by atoms with Gasteiger partial charge >= 0.3 is 0 Å². The van der Waals surface area contributed by atoms with E-state index in [0.717, 1.165) is 5.56 Å². The zero-order chi connectivity index (χ0) is 16.8. The largest absolute Gasteiger partial charge is 0.294 e. The Morgan fingerprint density at radius 1 is 0.957 bits per heavy atom. The van der Waals surface area contributed by atoms with Crippen molar-refractivity contribution in [2.75, 3.05) is 0 Å². The van der Waals surface area contributed by atoms with Crippen LogP contribution in [0.2, 0.25) is 0 Å².